The normalized spacial score (nSPS) is 14.1. The lowest BCUT2D eigenvalue weighted by atomic mass is 10.1. The van der Waals surface area contributed by atoms with E-state index in [1.165, 1.54) is 5.56 Å². The molecule has 0 spiro atoms. The molecular formula is C21H28N4O3. The zero-order chi connectivity index (χ0) is 19.8. The molecule has 1 aliphatic rings. The van der Waals surface area contributed by atoms with E-state index in [2.05, 4.69) is 27.4 Å². The lowest BCUT2D eigenvalue weighted by molar-refractivity contribution is -0.121. The SMILES string of the molecule is Cc1nc(N2CCOCC2)[nH]c(=O)c1CCC(=O)NCCCc1ccccc1. The third kappa shape index (κ3) is 5.66. The molecule has 0 saturated carbocycles. The van der Waals surface area contributed by atoms with Gasteiger partial charge in [0.1, 0.15) is 0 Å². The summed E-state index contributed by atoms with van der Waals surface area (Å²) in [7, 11) is 0. The monoisotopic (exact) mass is 384 g/mol. The van der Waals surface area contributed by atoms with E-state index in [0.717, 1.165) is 12.8 Å². The van der Waals surface area contributed by atoms with Crippen LogP contribution < -0.4 is 15.8 Å². The molecule has 2 heterocycles. The standard InChI is InChI=1S/C21H28N4O3/c1-16-18(20(27)24-21(23-16)25-12-14-28-15-13-25)9-10-19(26)22-11-5-8-17-6-3-2-4-7-17/h2-4,6-7H,5,8-15H2,1H3,(H,22,26)(H,23,24,27). The predicted molar refractivity (Wildman–Crippen MR) is 109 cm³/mol. The minimum atomic E-state index is -0.161. The number of aryl methyl sites for hydroxylation is 2. The van der Waals surface area contributed by atoms with Gasteiger partial charge in [-0.3, -0.25) is 14.6 Å². The Morgan fingerprint density at radius 2 is 1.96 bits per heavy atom. The summed E-state index contributed by atoms with van der Waals surface area (Å²) in [5.41, 5.74) is 2.37. The van der Waals surface area contributed by atoms with Crippen molar-refractivity contribution in [3.8, 4) is 0 Å². The molecule has 28 heavy (non-hydrogen) atoms. The van der Waals surface area contributed by atoms with Gasteiger partial charge in [-0.1, -0.05) is 30.3 Å². The highest BCUT2D eigenvalue weighted by atomic mass is 16.5. The van der Waals surface area contributed by atoms with Crippen LogP contribution in [0.25, 0.3) is 0 Å². The lowest BCUT2D eigenvalue weighted by Crippen LogP contribution is -2.38. The molecule has 0 atom stereocenters. The second-order valence-electron chi connectivity index (χ2n) is 6.99. The molecule has 150 valence electrons. The van der Waals surface area contributed by atoms with E-state index >= 15 is 0 Å². The summed E-state index contributed by atoms with van der Waals surface area (Å²) in [6.45, 7) is 5.16. The zero-order valence-corrected chi connectivity index (χ0v) is 16.4. The molecular weight excluding hydrogens is 356 g/mol. The number of aromatic amines is 1. The average Bonchev–Trinajstić information content (AvgIpc) is 2.72. The fourth-order valence-corrected chi connectivity index (χ4v) is 3.31. The van der Waals surface area contributed by atoms with E-state index in [1.54, 1.807) is 0 Å². The first-order valence-electron chi connectivity index (χ1n) is 9.86. The molecule has 0 radical (unpaired) electrons. The summed E-state index contributed by atoms with van der Waals surface area (Å²) in [6.07, 6.45) is 2.51. The Bertz CT molecular complexity index is 829. The van der Waals surface area contributed by atoms with Crippen molar-refractivity contribution >= 4 is 11.9 Å². The van der Waals surface area contributed by atoms with Gasteiger partial charge in [0.2, 0.25) is 11.9 Å². The van der Waals surface area contributed by atoms with E-state index in [0.29, 0.717) is 56.5 Å². The number of amides is 1. The Kier molecular flexibility index (Phi) is 7.19. The summed E-state index contributed by atoms with van der Waals surface area (Å²) in [5.74, 6) is 0.545. The molecule has 1 aromatic heterocycles. The quantitative estimate of drug-likeness (QED) is 0.675. The maximum atomic E-state index is 12.4. The van der Waals surface area contributed by atoms with Crippen LogP contribution in [0.1, 0.15) is 29.7 Å². The van der Waals surface area contributed by atoms with Crippen LogP contribution in [0.4, 0.5) is 5.95 Å². The molecule has 1 amide bonds. The maximum Gasteiger partial charge on any atom is 0.255 e. The van der Waals surface area contributed by atoms with Crippen LogP contribution >= 0.6 is 0 Å². The van der Waals surface area contributed by atoms with Gasteiger partial charge in [0.15, 0.2) is 0 Å². The zero-order valence-electron chi connectivity index (χ0n) is 16.4. The Morgan fingerprint density at radius 3 is 2.68 bits per heavy atom. The molecule has 7 heteroatoms. The summed E-state index contributed by atoms with van der Waals surface area (Å²) in [5, 5.41) is 2.93. The van der Waals surface area contributed by atoms with Gasteiger partial charge in [-0.25, -0.2) is 4.98 Å². The van der Waals surface area contributed by atoms with Gasteiger partial charge in [0.25, 0.3) is 5.56 Å². The predicted octanol–water partition coefficient (Wildman–Crippen LogP) is 1.60. The van der Waals surface area contributed by atoms with Gasteiger partial charge in [0.05, 0.1) is 13.2 Å². The minimum absolute atomic E-state index is 0.0379. The number of morpholine rings is 1. The number of hydrogen-bond acceptors (Lipinski definition) is 5. The molecule has 1 aliphatic heterocycles. The fraction of sp³-hybridized carbons (Fsp3) is 0.476. The van der Waals surface area contributed by atoms with Crippen molar-refractivity contribution in [1.29, 1.82) is 0 Å². The first kappa shape index (κ1) is 20.1. The lowest BCUT2D eigenvalue weighted by Gasteiger charge is -2.27. The van der Waals surface area contributed by atoms with Gasteiger partial charge in [0, 0.05) is 37.3 Å². The first-order chi connectivity index (χ1) is 13.6. The summed E-state index contributed by atoms with van der Waals surface area (Å²) >= 11 is 0. The second kappa shape index (κ2) is 10.0. The molecule has 1 fully saturated rings. The van der Waals surface area contributed by atoms with Gasteiger partial charge in [-0.15, -0.1) is 0 Å². The highest BCUT2D eigenvalue weighted by molar-refractivity contribution is 5.76. The van der Waals surface area contributed by atoms with Crippen LogP contribution in [0.5, 0.6) is 0 Å². The number of aromatic nitrogens is 2. The van der Waals surface area contributed by atoms with Gasteiger partial charge >= 0.3 is 0 Å². The number of carbonyl (C=O) groups excluding carboxylic acids is 1. The maximum absolute atomic E-state index is 12.4. The van der Waals surface area contributed by atoms with Crippen molar-refractivity contribution in [2.24, 2.45) is 0 Å². The number of carbonyl (C=O) groups is 1. The molecule has 0 aliphatic carbocycles. The number of rotatable bonds is 8. The molecule has 1 saturated heterocycles. The van der Waals surface area contributed by atoms with Gasteiger partial charge in [-0.2, -0.15) is 0 Å². The molecule has 0 unspecified atom stereocenters. The van der Waals surface area contributed by atoms with Crippen molar-refractivity contribution in [3.63, 3.8) is 0 Å². The van der Waals surface area contributed by atoms with Crippen LogP contribution in [0.2, 0.25) is 0 Å². The van der Waals surface area contributed by atoms with E-state index in [1.807, 2.05) is 30.0 Å². The number of anilines is 1. The number of benzene rings is 1. The van der Waals surface area contributed by atoms with Gasteiger partial charge < -0.3 is 15.0 Å². The van der Waals surface area contributed by atoms with E-state index in [4.69, 9.17) is 4.74 Å². The number of nitrogens with zero attached hydrogens (tertiary/aromatic N) is 2. The van der Waals surface area contributed by atoms with Crippen LogP contribution in [-0.2, 0) is 22.4 Å². The minimum Gasteiger partial charge on any atom is -0.378 e. The van der Waals surface area contributed by atoms with E-state index < -0.39 is 0 Å². The van der Waals surface area contributed by atoms with E-state index in [-0.39, 0.29) is 17.9 Å². The average molecular weight is 384 g/mol. The molecule has 2 aromatic rings. The van der Waals surface area contributed by atoms with Crippen LogP contribution in [0, 0.1) is 6.92 Å². The summed E-state index contributed by atoms with van der Waals surface area (Å²) < 4.78 is 5.33. The van der Waals surface area contributed by atoms with Gasteiger partial charge in [-0.05, 0) is 31.7 Å². The van der Waals surface area contributed by atoms with Crippen LogP contribution in [0.3, 0.4) is 0 Å². The number of H-pyrrole nitrogens is 1. The molecule has 7 nitrogen and oxygen atoms in total. The van der Waals surface area contributed by atoms with E-state index in [9.17, 15) is 9.59 Å². The topological polar surface area (TPSA) is 87.3 Å². The number of nitrogens with one attached hydrogen (secondary N) is 2. The van der Waals surface area contributed by atoms with Crippen molar-refractivity contribution in [3.05, 3.63) is 57.5 Å². The Hall–Kier alpha value is -2.67. The summed E-state index contributed by atoms with van der Waals surface area (Å²) in [4.78, 5) is 33.9. The molecule has 1 aromatic carbocycles. The fourth-order valence-electron chi connectivity index (χ4n) is 3.31. The highest BCUT2D eigenvalue weighted by Gasteiger charge is 2.16. The largest absolute Gasteiger partial charge is 0.378 e. The molecule has 2 N–H and O–H groups in total. The molecule has 3 rings (SSSR count). The Morgan fingerprint density at radius 1 is 1.21 bits per heavy atom. The molecule has 0 bridgehead atoms. The summed E-state index contributed by atoms with van der Waals surface area (Å²) in [6, 6.07) is 10.2. The number of hydrogen-bond donors (Lipinski definition) is 2. The Labute approximate surface area is 165 Å². The third-order valence-electron chi connectivity index (χ3n) is 4.93. The number of ether oxygens (including phenoxy) is 1. The van der Waals surface area contributed by atoms with Crippen molar-refractivity contribution in [1.82, 2.24) is 15.3 Å². The second-order valence-corrected chi connectivity index (χ2v) is 6.99. The Balaban J connectivity index is 1.45. The first-order valence-corrected chi connectivity index (χ1v) is 9.86. The van der Waals surface area contributed by atoms with Crippen molar-refractivity contribution < 1.29 is 9.53 Å². The van der Waals surface area contributed by atoms with Crippen LogP contribution in [-0.4, -0.2) is 48.7 Å². The van der Waals surface area contributed by atoms with Crippen molar-refractivity contribution in [2.75, 3.05) is 37.7 Å². The van der Waals surface area contributed by atoms with Crippen LogP contribution in [0.15, 0.2) is 35.1 Å². The highest BCUT2D eigenvalue weighted by Crippen LogP contribution is 2.11. The smallest absolute Gasteiger partial charge is 0.255 e. The van der Waals surface area contributed by atoms with Crippen molar-refractivity contribution in [2.45, 2.75) is 32.6 Å². The third-order valence-corrected chi connectivity index (χ3v) is 4.93.